The number of urea groups is 1. The zero-order valence-electron chi connectivity index (χ0n) is 13.0. The highest BCUT2D eigenvalue weighted by Crippen LogP contribution is 2.21. The van der Waals surface area contributed by atoms with Crippen LogP contribution in [-0.2, 0) is 0 Å². The molecule has 0 saturated heterocycles. The molecule has 2 aliphatic carbocycles. The van der Waals surface area contributed by atoms with Crippen LogP contribution in [0, 0.1) is 0 Å². The average molecular weight is 299 g/mol. The van der Waals surface area contributed by atoms with Gasteiger partial charge in [-0.25, -0.2) is 4.79 Å². The summed E-state index contributed by atoms with van der Waals surface area (Å²) in [4.78, 5) is 11.7. The quantitative estimate of drug-likeness (QED) is 0.687. The Hall–Kier alpha value is -1.97. The molecule has 0 aliphatic heterocycles. The molecule has 0 bridgehead atoms. The van der Waals surface area contributed by atoms with Crippen molar-refractivity contribution in [2.24, 2.45) is 0 Å². The van der Waals surface area contributed by atoms with E-state index >= 15 is 0 Å². The largest absolute Gasteiger partial charge is 0.385 e. The van der Waals surface area contributed by atoms with Gasteiger partial charge in [0.2, 0.25) is 0 Å². The molecular formula is C18H25N3O. The Kier molecular flexibility index (Phi) is 4.99. The number of benzene rings is 1. The number of hydrogen-bond donors (Lipinski definition) is 3. The summed E-state index contributed by atoms with van der Waals surface area (Å²) in [7, 11) is 0. The number of allylic oxidation sites excluding steroid dienone is 1. The number of amides is 2. The molecule has 2 amide bonds. The van der Waals surface area contributed by atoms with Crippen molar-refractivity contribution in [3.63, 3.8) is 0 Å². The fraction of sp³-hybridized carbons (Fsp3) is 0.500. The monoisotopic (exact) mass is 299 g/mol. The highest BCUT2D eigenvalue weighted by molar-refractivity contribution is 5.89. The summed E-state index contributed by atoms with van der Waals surface area (Å²) in [6.45, 7) is 0.973. The van der Waals surface area contributed by atoms with Crippen LogP contribution in [0.3, 0.4) is 0 Å². The first-order valence-corrected chi connectivity index (χ1v) is 8.39. The standard InChI is InChI=1S/C18H25N3O/c22-18(21-17-10-11-17)20-16-8-6-15(7-9-16)19-13-12-14-4-2-1-3-5-14/h4,6-9,17,19H,1-3,5,10-13H2,(H2,20,21,22). The molecule has 22 heavy (non-hydrogen) atoms. The van der Waals surface area contributed by atoms with E-state index in [2.05, 4.69) is 22.0 Å². The van der Waals surface area contributed by atoms with Crippen molar-refractivity contribution in [1.82, 2.24) is 5.32 Å². The lowest BCUT2D eigenvalue weighted by Gasteiger charge is -2.13. The summed E-state index contributed by atoms with van der Waals surface area (Å²) in [5, 5.41) is 9.22. The smallest absolute Gasteiger partial charge is 0.319 e. The molecule has 0 aromatic heterocycles. The van der Waals surface area contributed by atoms with E-state index in [0.717, 1.165) is 37.2 Å². The second-order valence-electron chi connectivity index (χ2n) is 6.24. The second kappa shape index (κ2) is 7.34. The zero-order valence-corrected chi connectivity index (χ0v) is 13.0. The van der Waals surface area contributed by atoms with Crippen molar-refractivity contribution in [1.29, 1.82) is 0 Å². The van der Waals surface area contributed by atoms with E-state index < -0.39 is 0 Å². The Labute approximate surface area is 132 Å². The van der Waals surface area contributed by atoms with E-state index in [4.69, 9.17) is 0 Å². The van der Waals surface area contributed by atoms with Crippen molar-refractivity contribution < 1.29 is 4.79 Å². The molecule has 1 aromatic rings. The first-order valence-electron chi connectivity index (χ1n) is 8.39. The van der Waals surface area contributed by atoms with E-state index in [1.54, 1.807) is 5.57 Å². The van der Waals surface area contributed by atoms with Crippen LogP contribution in [0.5, 0.6) is 0 Å². The molecule has 1 aromatic carbocycles. The van der Waals surface area contributed by atoms with Crippen LogP contribution in [0.4, 0.5) is 16.2 Å². The van der Waals surface area contributed by atoms with Crippen molar-refractivity contribution in [3.05, 3.63) is 35.9 Å². The molecule has 4 nitrogen and oxygen atoms in total. The Morgan fingerprint density at radius 3 is 2.55 bits per heavy atom. The Bertz CT molecular complexity index is 532. The summed E-state index contributed by atoms with van der Waals surface area (Å²) in [6.07, 6.45) is 10.9. The van der Waals surface area contributed by atoms with Gasteiger partial charge >= 0.3 is 6.03 Å². The summed E-state index contributed by atoms with van der Waals surface area (Å²) in [5.74, 6) is 0. The summed E-state index contributed by atoms with van der Waals surface area (Å²) in [6, 6.07) is 8.19. The molecule has 4 heteroatoms. The normalized spacial score (nSPS) is 17.5. The van der Waals surface area contributed by atoms with E-state index in [1.807, 2.05) is 24.3 Å². The van der Waals surface area contributed by atoms with Gasteiger partial charge in [0.25, 0.3) is 0 Å². The molecule has 0 heterocycles. The van der Waals surface area contributed by atoms with Gasteiger partial charge in [-0.05, 0) is 69.2 Å². The minimum Gasteiger partial charge on any atom is -0.385 e. The van der Waals surface area contributed by atoms with Gasteiger partial charge in [-0.2, -0.15) is 0 Å². The van der Waals surface area contributed by atoms with Crippen molar-refractivity contribution in [2.45, 2.75) is 51.0 Å². The maximum absolute atomic E-state index is 11.7. The number of hydrogen-bond acceptors (Lipinski definition) is 2. The lowest BCUT2D eigenvalue weighted by atomic mass is 9.97. The third-order valence-electron chi connectivity index (χ3n) is 4.22. The van der Waals surface area contributed by atoms with E-state index in [9.17, 15) is 4.79 Å². The van der Waals surface area contributed by atoms with Crippen molar-refractivity contribution in [2.75, 3.05) is 17.2 Å². The molecule has 1 fully saturated rings. The molecule has 3 rings (SSSR count). The predicted octanol–water partition coefficient (Wildman–Crippen LogP) is 4.27. The summed E-state index contributed by atoms with van der Waals surface area (Å²) >= 11 is 0. The number of rotatable bonds is 6. The molecule has 3 N–H and O–H groups in total. The van der Waals surface area contributed by atoms with Gasteiger partial charge in [-0.15, -0.1) is 0 Å². The Balaban J connectivity index is 1.40. The SMILES string of the molecule is O=C(Nc1ccc(NCCC2=CCCCC2)cc1)NC1CC1. The molecule has 118 valence electrons. The van der Waals surface area contributed by atoms with Crippen LogP contribution in [-0.4, -0.2) is 18.6 Å². The van der Waals surface area contributed by atoms with Crippen LogP contribution in [0.15, 0.2) is 35.9 Å². The van der Waals surface area contributed by atoms with Gasteiger partial charge in [0.1, 0.15) is 0 Å². The van der Waals surface area contributed by atoms with Gasteiger partial charge < -0.3 is 16.0 Å². The molecule has 0 unspecified atom stereocenters. The lowest BCUT2D eigenvalue weighted by molar-refractivity contribution is 0.251. The van der Waals surface area contributed by atoms with E-state index in [-0.39, 0.29) is 6.03 Å². The fourth-order valence-electron chi connectivity index (χ4n) is 2.75. The molecule has 2 aliphatic rings. The van der Waals surface area contributed by atoms with Crippen LogP contribution >= 0.6 is 0 Å². The number of carbonyl (C=O) groups is 1. The molecule has 0 atom stereocenters. The first-order chi connectivity index (χ1) is 10.8. The fourth-order valence-corrected chi connectivity index (χ4v) is 2.75. The Morgan fingerprint density at radius 2 is 1.86 bits per heavy atom. The molecular weight excluding hydrogens is 274 g/mol. The van der Waals surface area contributed by atoms with Gasteiger partial charge in [-0.1, -0.05) is 11.6 Å². The number of carbonyl (C=O) groups excluding carboxylic acids is 1. The highest BCUT2D eigenvalue weighted by atomic mass is 16.2. The van der Waals surface area contributed by atoms with E-state index in [0.29, 0.717) is 6.04 Å². The summed E-state index contributed by atoms with van der Waals surface area (Å²) in [5.41, 5.74) is 3.53. The van der Waals surface area contributed by atoms with Gasteiger partial charge in [0, 0.05) is 24.0 Å². The van der Waals surface area contributed by atoms with Crippen LogP contribution < -0.4 is 16.0 Å². The van der Waals surface area contributed by atoms with E-state index in [1.165, 1.54) is 25.7 Å². The maximum Gasteiger partial charge on any atom is 0.319 e. The van der Waals surface area contributed by atoms with Crippen molar-refractivity contribution in [3.8, 4) is 0 Å². The first kappa shape index (κ1) is 14.9. The van der Waals surface area contributed by atoms with Crippen LogP contribution in [0.25, 0.3) is 0 Å². The highest BCUT2D eigenvalue weighted by Gasteiger charge is 2.23. The minimum absolute atomic E-state index is 0.104. The van der Waals surface area contributed by atoms with Gasteiger partial charge in [0.15, 0.2) is 0 Å². The zero-order chi connectivity index (χ0) is 15.2. The molecule has 0 radical (unpaired) electrons. The number of anilines is 2. The average Bonchev–Trinajstić information content (AvgIpc) is 3.34. The maximum atomic E-state index is 11.7. The molecule has 1 saturated carbocycles. The topological polar surface area (TPSA) is 53.2 Å². The number of nitrogens with one attached hydrogen (secondary N) is 3. The van der Waals surface area contributed by atoms with Crippen LogP contribution in [0.2, 0.25) is 0 Å². The van der Waals surface area contributed by atoms with Gasteiger partial charge in [-0.3, -0.25) is 0 Å². The predicted molar refractivity (Wildman–Crippen MR) is 91.3 cm³/mol. The second-order valence-corrected chi connectivity index (χ2v) is 6.24. The van der Waals surface area contributed by atoms with Gasteiger partial charge in [0.05, 0.1) is 0 Å². The summed E-state index contributed by atoms with van der Waals surface area (Å²) < 4.78 is 0. The van der Waals surface area contributed by atoms with Crippen LogP contribution in [0.1, 0.15) is 44.9 Å². The third-order valence-corrected chi connectivity index (χ3v) is 4.22. The third kappa shape index (κ3) is 4.79. The van der Waals surface area contributed by atoms with Crippen molar-refractivity contribution >= 4 is 17.4 Å². The lowest BCUT2D eigenvalue weighted by Crippen LogP contribution is -2.30. The minimum atomic E-state index is -0.104. The Morgan fingerprint density at radius 1 is 1.09 bits per heavy atom. The molecule has 0 spiro atoms.